The van der Waals surface area contributed by atoms with E-state index in [4.69, 9.17) is 0 Å². The monoisotopic (exact) mass is 374 g/mol. The number of carbonyl (C=O) groups excluding carboxylic acids is 1. The molecule has 6 heteroatoms. The Labute approximate surface area is 162 Å². The number of aryl methyl sites for hydroxylation is 2. The lowest BCUT2D eigenvalue weighted by Gasteiger charge is -2.08. The summed E-state index contributed by atoms with van der Waals surface area (Å²) >= 11 is 0. The van der Waals surface area contributed by atoms with Gasteiger partial charge in [0.1, 0.15) is 5.69 Å². The summed E-state index contributed by atoms with van der Waals surface area (Å²) in [5.74, 6) is -0.0724. The standard InChI is InChI=1S/C22H22N4O2/c1-26-20-9-5-4-8-18(20)25-19(22(26)28)10-11-21(27)23-13-12-15-14-24-17-7-3-2-6-16(15)17/h2-9,14,24H,10-13H2,1H3,(H,23,27). The number of aromatic amines is 1. The molecule has 0 radical (unpaired) electrons. The highest BCUT2D eigenvalue weighted by molar-refractivity contribution is 5.83. The van der Waals surface area contributed by atoms with E-state index in [1.807, 2.05) is 48.7 Å². The van der Waals surface area contributed by atoms with Gasteiger partial charge in [-0.3, -0.25) is 9.59 Å². The SMILES string of the molecule is Cn1c(=O)c(CCC(=O)NCCc2c[nH]c3ccccc23)nc2ccccc21. The lowest BCUT2D eigenvalue weighted by Crippen LogP contribution is -2.28. The fourth-order valence-electron chi connectivity index (χ4n) is 3.50. The predicted octanol–water partition coefficient (Wildman–Crippen LogP) is 2.71. The van der Waals surface area contributed by atoms with E-state index in [0.717, 1.165) is 23.0 Å². The fourth-order valence-corrected chi connectivity index (χ4v) is 3.50. The van der Waals surface area contributed by atoms with E-state index in [1.165, 1.54) is 10.9 Å². The van der Waals surface area contributed by atoms with Crippen LogP contribution in [0.5, 0.6) is 0 Å². The lowest BCUT2D eigenvalue weighted by atomic mass is 10.1. The summed E-state index contributed by atoms with van der Waals surface area (Å²) in [6, 6.07) is 15.6. The van der Waals surface area contributed by atoms with Crippen molar-refractivity contribution in [3.05, 3.63) is 76.3 Å². The average Bonchev–Trinajstić information content (AvgIpc) is 3.13. The zero-order valence-electron chi connectivity index (χ0n) is 15.7. The fraction of sp³-hybridized carbons (Fsp3) is 0.227. The minimum Gasteiger partial charge on any atom is -0.361 e. The molecule has 142 valence electrons. The number of fused-ring (bicyclic) bond motifs is 2. The number of benzene rings is 2. The number of hydrogen-bond donors (Lipinski definition) is 2. The second-order valence-corrected chi connectivity index (χ2v) is 6.87. The van der Waals surface area contributed by atoms with Gasteiger partial charge in [-0.15, -0.1) is 0 Å². The topological polar surface area (TPSA) is 79.8 Å². The van der Waals surface area contributed by atoms with Crippen LogP contribution in [0.4, 0.5) is 0 Å². The van der Waals surface area contributed by atoms with Crippen LogP contribution in [0.3, 0.4) is 0 Å². The van der Waals surface area contributed by atoms with Crippen molar-refractivity contribution in [2.45, 2.75) is 19.3 Å². The second kappa shape index (κ2) is 7.68. The number of rotatable bonds is 6. The first kappa shape index (κ1) is 18.0. The summed E-state index contributed by atoms with van der Waals surface area (Å²) in [4.78, 5) is 32.4. The molecule has 0 spiro atoms. The van der Waals surface area contributed by atoms with Gasteiger partial charge in [-0.05, 0) is 30.2 Å². The molecule has 0 fully saturated rings. The van der Waals surface area contributed by atoms with Crippen LogP contribution in [-0.2, 0) is 24.7 Å². The summed E-state index contributed by atoms with van der Waals surface area (Å²) < 4.78 is 1.59. The molecule has 4 rings (SSSR count). The Bertz CT molecular complexity index is 1210. The molecule has 0 aliphatic carbocycles. The first-order valence-corrected chi connectivity index (χ1v) is 9.40. The molecule has 6 nitrogen and oxygen atoms in total. The Morgan fingerprint density at radius 3 is 2.79 bits per heavy atom. The number of carbonyl (C=O) groups is 1. The molecule has 2 N–H and O–H groups in total. The zero-order chi connectivity index (χ0) is 19.5. The summed E-state index contributed by atoms with van der Waals surface area (Å²) in [5.41, 5.74) is 4.11. The molecule has 0 aliphatic rings. The van der Waals surface area contributed by atoms with Crippen LogP contribution >= 0.6 is 0 Å². The number of para-hydroxylation sites is 3. The predicted molar refractivity (Wildman–Crippen MR) is 110 cm³/mol. The van der Waals surface area contributed by atoms with Gasteiger partial charge in [0, 0.05) is 43.5 Å². The van der Waals surface area contributed by atoms with Gasteiger partial charge in [0.05, 0.1) is 11.0 Å². The summed E-state index contributed by atoms with van der Waals surface area (Å²) in [7, 11) is 1.73. The molecule has 28 heavy (non-hydrogen) atoms. The van der Waals surface area contributed by atoms with Crippen molar-refractivity contribution in [2.24, 2.45) is 7.05 Å². The highest BCUT2D eigenvalue weighted by Gasteiger charge is 2.11. The maximum Gasteiger partial charge on any atom is 0.272 e. The Kier molecular flexibility index (Phi) is 4.93. The maximum absolute atomic E-state index is 12.5. The average molecular weight is 374 g/mol. The van der Waals surface area contributed by atoms with Gasteiger partial charge in [-0.2, -0.15) is 0 Å². The van der Waals surface area contributed by atoms with E-state index >= 15 is 0 Å². The largest absolute Gasteiger partial charge is 0.361 e. The van der Waals surface area contributed by atoms with E-state index < -0.39 is 0 Å². The molecule has 2 aromatic carbocycles. The van der Waals surface area contributed by atoms with Gasteiger partial charge in [-0.25, -0.2) is 4.98 Å². The first-order chi connectivity index (χ1) is 13.6. The molecule has 4 aromatic rings. The van der Waals surface area contributed by atoms with Gasteiger partial charge in [0.2, 0.25) is 5.91 Å². The van der Waals surface area contributed by atoms with E-state index in [1.54, 1.807) is 11.6 Å². The van der Waals surface area contributed by atoms with Crippen molar-refractivity contribution in [1.82, 2.24) is 19.9 Å². The number of nitrogens with zero attached hydrogens (tertiary/aromatic N) is 2. The van der Waals surface area contributed by atoms with E-state index in [-0.39, 0.29) is 17.9 Å². The van der Waals surface area contributed by atoms with Gasteiger partial charge in [0.25, 0.3) is 5.56 Å². The van der Waals surface area contributed by atoms with Crippen LogP contribution in [0.1, 0.15) is 17.7 Å². The number of nitrogens with one attached hydrogen (secondary N) is 2. The third-order valence-electron chi connectivity index (χ3n) is 5.03. The van der Waals surface area contributed by atoms with Gasteiger partial charge in [0.15, 0.2) is 0 Å². The summed E-state index contributed by atoms with van der Waals surface area (Å²) in [6.45, 7) is 0.559. The van der Waals surface area contributed by atoms with Crippen LogP contribution in [0.25, 0.3) is 21.9 Å². The Morgan fingerprint density at radius 1 is 1.11 bits per heavy atom. The second-order valence-electron chi connectivity index (χ2n) is 6.87. The minimum absolute atomic E-state index is 0.0724. The van der Waals surface area contributed by atoms with Crippen LogP contribution in [0.2, 0.25) is 0 Å². The normalized spacial score (nSPS) is 11.2. The molecule has 2 aromatic heterocycles. The third kappa shape index (κ3) is 3.53. The molecule has 0 unspecified atom stereocenters. The number of hydrogen-bond acceptors (Lipinski definition) is 3. The minimum atomic E-state index is -0.148. The number of amides is 1. The van der Waals surface area contributed by atoms with Gasteiger partial charge >= 0.3 is 0 Å². The van der Waals surface area contributed by atoms with Gasteiger partial charge in [-0.1, -0.05) is 30.3 Å². The third-order valence-corrected chi connectivity index (χ3v) is 5.03. The highest BCUT2D eigenvalue weighted by Crippen LogP contribution is 2.17. The van der Waals surface area contributed by atoms with Crippen LogP contribution < -0.4 is 10.9 Å². The molecular formula is C22H22N4O2. The van der Waals surface area contributed by atoms with E-state index in [9.17, 15) is 9.59 Å². The molecule has 0 saturated heterocycles. The molecular weight excluding hydrogens is 352 g/mol. The molecule has 0 aliphatic heterocycles. The summed E-state index contributed by atoms with van der Waals surface area (Å²) in [6.07, 6.45) is 3.32. The van der Waals surface area contributed by atoms with Crippen molar-refractivity contribution in [1.29, 1.82) is 0 Å². The maximum atomic E-state index is 12.5. The van der Waals surface area contributed by atoms with Crippen molar-refractivity contribution in [3.8, 4) is 0 Å². The van der Waals surface area contributed by atoms with Crippen molar-refractivity contribution < 1.29 is 4.79 Å². The highest BCUT2D eigenvalue weighted by atomic mass is 16.1. The molecule has 0 atom stereocenters. The molecule has 1 amide bonds. The van der Waals surface area contributed by atoms with E-state index in [2.05, 4.69) is 21.4 Å². The quantitative estimate of drug-likeness (QED) is 0.545. The lowest BCUT2D eigenvalue weighted by molar-refractivity contribution is -0.121. The molecule has 0 saturated carbocycles. The smallest absolute Gasteiger partial charge is 0.272 e. The number of aromatic nitrogens is 3. The van der Waals surface area contributed by atoms with Crippen LogP contribution in [0.15, 0.2) is 59.5 Å². The Hall–Kier alpha value is -3.41. The number of H-pyrrole nitrogens is 1. The van der Waals surface area contributed by atoms with Crippen molar-refractivity contribution in [2.75, 3.05) is 6.54 Å². The summed E-state index contributed by atoms with van der Waals surface area (Å²) in [5, 5.41) is 4.12. The molecule has 2 heterocycles. The van der Waals surface area contributed by atoms with E-state index in [0.29, 0.717) is 18.7 Å². The van der Waals surface area contributed by atoms with Crippen LogP contribution in [0, 0.1) is 0 Å². The first-order valence-electron chi connectivity index (χ1n) is 9.40. The Balaban J connectivity index is 1.35. The Morgan fingerprint density at radius 2 is 1.89 bits per heavy atom. The van der Waals surface area contributed by atoms with Crippen molar-refractivity contribution >= 4 is 27.8 Å². The van der Waals surface area contributed by atoms with Crippen molar-refractivity contribution in [3.63, 3.8) is 0 Å². The van der Waals surface area contributed by atoms with Gasteiger partial charge < -0.3 is 14.9 Å². The zero-order valence-corrected chi connectivity index (χ0v) is 15.7. The molecule has 0 bridgehead atoms. The van der Waals surface area contributed by atoms with Crippen LogP contribution in [-0.4, -0.2) is 27.0 Å².